The molecule has 0 N–H and O–H groups in total. The third-order valence-corrected chi connectivity index (χ3v) is 14.8. The Morgan fingerprint density at radius 3 is 1.21 bits per heavy atom. The maximum atomic E-state index is 7.65. The van der Waals surface area contributed by atoms with Gasteiger partial charge in [0.1, 0.15) is 11.2 Å². The SMILES string of the molecule is CC(C)c1ccccc1N(c1ccccc1)c1ccc2c3ccc(C(C)(C)C)c4oc5c(N(c6ccc7ccccc7c6)c6ccccc6C(C)C)ccc(c6ccc(C(C)(C)C)c7oc1c2c76)c5c43. The van der Waals surface area contributed by atoms with Gasteiger partial charge in [0.15, 0.2) is 11.2 Å². The summed E-state index contributed by atoms with van der Waals surface area (Å²) in [5.41, 5.74) is 14.5. The molecule has 346 valence electrons. The van der Waals surface area contributed by atoms with Crippen LogP contribution in [0.5, 0.6) is 0 Å². The molecule has 2 heterocycles. The largest absolute Gasteiger partial charge is 0.453 e. The second kappa shape index (κ2) is 16.0. The number of benzene rings is 9. The minimum absolute atomic E-state index is 0.204. The van der Waals surface area contributed by atoms with Gasteiger partial charge in [0.05, 0.1) is 11.4 Å². The van der Waals surface area contributed by atoms with Crippen molar-refractivity contribution < 1.29 is 8.83 Å². The highest BCUT2D eigenvalue weighted by Gasteiger charge is 2.32. The van der Waals surface area contributed by atoms with E-state index in [2.05, 4.69) is 249 Å². The number of hydrogen-bond acceptors (Lipinski definition) is 4. The van der Waals surface area contributed by atoms with E-state index in [1.165, 1.54) is 33.0 Å². The van der Waals surface area contributed by atoms with Crippen LogP contribution in [0.4, 0.5) is 34.1 Å². The second-order valence-electron chi connectivity index (χ2n) is 22.1. The number of nitrogens with zero attached hydrogens (tertiary/aromatic N) is 2. The molecule has 0 bridgehead atoms. The molecule has 0 aliphatic rings. The molecule has 70 heavy (non-hydrogen) atoms. The van der Waals surface area contributed by atoms with Gasteiger partial charge in [-0.3, -0.25) is 0 Å². The van der Waals surface area contributed by atoms with Crippen LogP contribution in [-0.2, 0) is 10.8 Å². The first kappa shape index (κ1) is 43.7. The van der Waals surface area contributed by atoms with Crippen molar-refractivity contribution in [1.29, 1.82) is 0 Å². The van der Waals surface area contributed by atoms with Crippen molar-refractivity contribution in [3.63, 3.8) is 0 Å². The third-order valence-electron chi connectivity index (χ3n) is 14.8. The molecule has 0 aliphatic carbocycles. The zero-order valence-corrected chi connectivity index (χ0v) is 42.0. The fraction of sp³-hybridized carbons (Fsp3) is 0.212. The number of hydrogen-bond donors (Lipinski definition) is 0. The standard InChI is InChI=1S/C66H60N2O2/c1-39(2)45-24-16-18-26-53(45)67(43-22-12-11-13-23-43)55-36-32-49-47-30-35-52(66(8,9)10)62-58(47)60-50(48-31-34-51(65(5,6)7)61-57(48)59(49)63(55)69-61)33-37-56(64(60)70-62)68(54-27-19-17-25-46(54)40(3)4)44-29-28-41-20-14-15-21-42(41)38-44/h11-40H,1-10H3. The summed E-state index contributed by atoms with van der Waals surface area (Å²) in [7, 11) is 0. The Morgan fingerprint density at radius 1 is 0.343 bits per heavy atom. The van der Waals surface area contributed by atoms with E-state index in [0.29, 0.717) is 5.92 Å². The highest BCUT2D eigenvalue weighted by molar-refractivity contribution is 6.38. The molecular weight excluding hydrogens is 853 g/mol. The maximum Gasteiger partial charge on any atom is 0.160 e. The van der Waals surface area contributed by atoms with Crippen molar-refractivity contribution in [3.8, 4) is 0 Å². The summed E-state index contributed by atoms with van der Waals surface area (Å²) in [4.78, 5) is 4.86. The summed E-state index contributed by atoms with van der Waals surface area (Å²) < 4.78 is 15.2. The van der Waals surface area contributed by atoms with Gasteiger partial charge in [-0.2, -0.15) is 0 Å². The lowest BCUT2D eigenvalue weighted by Crippen LogP contribution is -2.13. The first-order valence-corrected chi connectivity index (χ1v) is 25.1. The van der Waals surface area contributed by atoms with E-state index in [1.54, 1.807) is 0 Å². The van der Waals surface area contributed by atoms with Crippen LogP contribution in [-0.4, -0.2) is 0 Å². The van der Waals surface area contributed by atoms with Crippen LogP contribution < -0.4 is 9.80 Å². The molecule has 2 aromatic heterocycles. The number of furan rings is 2. The van der Waals surface area contributed by atoms with Gasteiger partial charge in [-0.05, 0) is 115 Å². The van der Waals surface area contributed by atoms with Crippen LogP contribution >= 0.6 is 0 Å². The predicted octanol–water partition coefficient (Wildman–Crippen LogP) is 20.2. The van der Waals surface area contributed by atoms with Crippen molar-refractivity contribution in [2.24, 2.45) is 0 Å². The van der Waals surface area contributed by atoms with Crippen LogP contribution in [0.1, 0.15) is 103 Å². The monoisotopic (exact) mass is 912 g/mol. The molecular formula is C66H60N2O2. The van der Waals surface area contributed by atoms with Gasteiger partial charge >= 0.3 is 0 Å². The quantitative estimate of drug-likeness (QED) is 0.152. The lowest BCUT2D eigenvalue weighted by atomic mass is 9.83. The Labute approximate surface area is 411 Å². The van der Waals surface area contributed by atoms with Crippen LogP contribution in [0.2, 0.25) is 0 Å². The van der Waals surface area contributed by atoms with Crippen molar-refractivity contribution in [2.75, 3.05) is 9.80 Å². The molecule has 0 amide bonds. The highest BCUT2D eigenvalue weighted by Crippen LogP contribution is 2.54. The average Bonchev–Trinajstić information content (AvgIpc) is 3.95. The van der Waals surface area contributed by atoms with E-state index in [4.69, 9.17) is 8.83 Å². The van der Waals surface area contributed by atoms with Gasteiger partial charge < -0.3 is 18.6 Å². The van der Waals surface area contributed by atoms with Crippen LogP contribution in [0.15, 0.2) is 179 Å². The molecule has 4 heteroatoms. The highest BCUT2D eigenvalue weighted by atomic mass is 16.3. The van der Waals surface area contributed by atoms with E-state index in [9.17, 15) is 0 Å². The van der Waals surface area contributed by atoms with Gasteiger partial charge in [-0.15, -0.1) is 0 Å². The average molecular weight is 913 g/mol. The Balaban J connectivity index is 1.27. The van der Waals surface area contributed by atoms with E-state index in [0.717, 1.165) is 99.5 Å². The summed E-state index contributed by atoms with van der Waals surface area (Å²) in [5.74, 6) is 0.582. The lowest BCUT2D eigenvalue weighted by Gasteiger charge is -2.29. The van der Waals surface area contributed by atoms with Crippen molar-refractivity contribution in [1.82, 2.24) is 0 Å². The van der Waals surface area contributed by atoms with Crippen molar-refractivity contribution in [2.45, 2.75) is 91.9 Å². The Bertz CT molecular complexity index is 3980. The topological polar surface area (TPSA) is 32.8 Å². The lowest BCUT2D eigenvalue weighted by molar-refractivity contribution is 0.572. The molecule has 0 atom stereocenters. The van der Waals surface area contributed by atoms with Crippen LogP contribution in [0, 0.1) is 0 Å². The van der Waals surface area contributed by atoms with Gasteiger partial charge in [-0.1, -0.05) is 191 Å². The van der Waals surface area contributed by atoms with Gasteiger partial charge in [-0.25, -0.2) is 0 Å². The molecule has 0 unspecified atom stereocenters. The normalized spacial score (nSPS) is 12.7. The van der Waals surface area contributed by atoms with E-state index >= 15 is 0 Å². The molecule has 12 rings (SSSR count). The van der Waals surface area contributed by atoms with E-state index < -0.39 is 0 Å². The smallest absolute Gasteiger partial charge is 0.160 e. The van der Waals surface area contributed by atoms with E-state index in [1.807, 2.05) is 0 Å². The Hall–Kier alpha value is -7.56. The summed E-state index contributed by atoms with van der Waals surface area (Å²) >= 11 is 0. The molecule has 0 spiro atoms. The van der Waals surface area contributed by atoms with Gasteiger partial charge in [0, 0.05) is 55.4 Å². The van der Waals surface area contributed by atoms with Gasteiger partial charge in [0.25, 0.3) is 0 Å². The predicted molar refractivity (Wildman–Crippen MR) is 300 cm³/mol. The molecule has 0 saturated heterocycles. The zero-order chi connectivity index (χ0) is 48.4. The summed E-state index contributed by atoms with van der Waals surface area (Å²) in [5, 5.41) is 11.5. The third kappa shape index (κ3) is 6.71. The van der Waals surface area contributed by atoms with Gasteiger partial charge in [0.2, 0.25) is 0 Å². The van der Waals surface area contributed by atoms with E-state index in [-0.39, 0.29) is 16.7 Å². The van der Waals surface area contributed by atoms with Crippen LogP contribution in [0.3, 0.4) is 0 Å². The fourth-order valence-electron chi connectivity index (χ4n) is 11.4. The first-order valence-electron chi connectivity index (χ1n) is 25.1. The summed E-state index contributed by atoms with van der Waals surface area (Å²) in [6.45, 7) is 22.9. The van der Waals surface area contributed by atoms with Crippen molar-refractivity contribution >= 4 is 110 Å². The Morgan fingerprint density at radius 2 is 0.743 bits per heavy atom. The minimum atomic E-state index is -0.209. The summed E-state index contributed by atoms with van der Waals surface area (Å²) in [6, 6.07) is 62.6. The van der Waals surface area contributed by atoms with Crippen molar-refractivity contribution in [3.05, 3.63) is 192 Å². The zero-order valence-electron chi connectivity index (χ0n) is 42.0. The number of fused-ring (bicyclic) bond motifs is 3. The Kier molecular flexibility index (Phi) is 9.99. The minimum Gasteiger partial charge on any atom is -0.453 e. The molecule has 0 radical (unpaired) electrons. The summed E-state index contributed by atoms with van der Waals surface area (Å²) in [6.07, 6.45) is 0. The molecule has 10 aromatic carbocycles. The first-order chi connectivity index (χ1) is 33.7. The molecule has 0 saturated carbocycles. The maximum absolute atomic E-state index is 7.65. The number of para-hydroxylation sites is 3. The van der Waals surface area contributed by atoms with Crippen LogP contribution in [0.25, 0.3) is 76.2 Å². The number of anilines is 6. The molecule has 0 fully saturated rings. The molecule has 0 aliphatic heterocycles. The fourth-order valence-corrected chi connectivity index (χ4v) is 11.4. The molecule has 12 aromatic rings. The second-order valence-corrected chi connectivity index (χ2v) is 22.1. The number of rotatable bonds is 8. The molecule has 4 nitrogen and oxygen atoms in total.